The largest absolute Gasteiger partial charge is 0.383 e. The summed E-state index contributed by atoms with van der Waals surface area (Å²) in [5, 5.41) is 4.99. The smallest absolute Gasteiger partial charge is 0.230 e. The number of carbonyl (C=O) groups is 1. The van der Waals surface area contributed by atoms with Crippen LogP contribution in [0.4, 0.5) is 0 Å². The van der Waals surface area contributed by atoms with E-state index in [1.807, 2.05) is 42.5 Å². The van der Waals surface area contributed by atoms with Crippen LogP contribution in [0.15, 0.2) is 53.6 Å². The van der Waals surface area contributed by atoms with Crippen molar-refractivity contribution in [3.05, 3.63) is 53.6 Å². The minimum absolute atomic E-state index is 0.0675. The average Bonchev–Trinajstić information content (AvgIpc) is 2.67. The molecule has 0 aliphatic rings. The summed E-state index contributed by atoms with van der Waals surface area (Å²) < 4.78 is 4.93. The monoisotopic (exact) mass is 387 g/mol. The van der Waals surface area contributed by atoms with Crippen molar-refractivity contribution in [3.63, 3.8) is 0 Å². The molecule has 3 rings (SSSR count). The van der Waals surface area contributed by atoms with Crippen molar-refractivity contribution in [1.29, 1.82) is 0 Å². The molecule has 0 saturated heterocycles. The van der Waals surface area contributed by atoms with Gasteiger partial charge < -0.3 is 10.1 Å². The van der Waals surface area contributed by atoms with E-state index < -0.39 is 0 Å². The Labute approximate surface area is 161 Å². The molecule has 1 N–H and O–H groups in total. The molecule has 0 bridgehead atoms. The molecule has 0 fully saturated rings. The lowest BCUT2D eigenvalue weighted by molar-refractivity contribution is -0.118. The Bertz CT molecular complexity index is 906. The fourth-order valence-corrected chi connectivity index (χ4v) is 3.39. The van der Waals surface area contributed by atoms with Crippen molar-refractivity contribution < 1.29 is 9.53 Å². The summed E-state index contributed by atoms with van der Waals surface area (Å²) in [5.74, 6) is 0.821. The van der Waals surface area contributed by atoms with Crippen LogP contribution in [0.2, 0.25) is 5.02 Å². The second-order valence-corrected chi connectivity index (χ2v) is 6.91. The molecular weight excluding hydrogens is 370 g/mol. The van der Waals surface area contributed by atoms with E-state index in [0.29, 0.717) is 24.0 Å². The standard InChI is InChI=1S/C19H18ClN3O2S/c1-25-10-9-21-17(24)12-26-19-15-11-14(20)7-8-16(15)22-18(23-19)13-5-3-2-4-6-13/h2-8,11H,9-10,12H2,1H3,(H,21,24). The number of fused-ring (bicyclic) bond motifs is 1. The van der Waals surface area contributed by atoms with Crippen LogP contribution in [-0.4, -0.2) is 41.9 Å². The van der Waals surface area contributed by atoms with Gasteiger partial charge in [-0.2, -0.15) is 0 Å². The maximum Gasteiger partial charge on any atom is 0.230 e. The maximum atomic E-state index is 12.0. The van der Waals surface area contributed by atoms with Crippen molar-refractivity contribution in [2.24, 2.45) is 0 Å². The Morgan fingerprint density at radius 1 is 1.19 bits per heavy atom. The quantitative estimate of drug-likeness (QED) is 0.379. The summed E-state index contributed by atoms with van der Waals surface area (Å²) in [6, 6.07) is 15.3. The van der Waals surface area contributed by atoms with E-state index in [1.54, 1.807) is 13.2 Å². The van der Waals surface area contributed by atoms with Gasteiger partial charge in [0.1, 0.15) is 5.03 Å². The lowest BCUT2D eigenvalue weighted by atomic mass is 10.2. The van der Waals surface area contributed by atoms with Gasteiger partial charge >= 0.3 is 0 Å². The number of thioether (sulfide) groups is 1. The van der Waals surface area contributed by atoms with Crippen LogP contribution < -0.4 is 5.32 Å². The summed E-state index contributed by atoms with van der Waals surface area (Å²) in [7, 11) is 1.60. The van der Waals surface area contributed by atoms with E-state index in [-0.39, 0.29) is 11.7 Å². The van der Waals surface area contributed by atoms with Crippen LogP contribution in [-0.2, 0) is 9.53 Å². The highest BCUT2D eigenvalue weighted by molar-refractivity contribution is 8.00. The number of benzene rings is 2. The van der Waals surface area contributed by atoms with Gasteiger partial charge in [0, 0.05) is 29.6 Å². The third kappa shape index (κ3) is 4.72. The van der Waals surface area contributed by atoms with E-state index in [1.165, 1.54) is 11.8 Å². The van der Waals surface area contributed by atoms with Crippen LogP contribution in [0, 0.1) is 0 Å². The molecule has 0 unspecified atom stereocenters. The van der Waals surface area contributed by atoms with Crippen molar-refractivity contribution in [2.75, 3.05) is 26.0 Å². The Balaban J connectivity index is 1.89. The van der Waals surface area contributed by atoms with Crippen LogP contribution >= 0.6 is 23.4 Å². The van der Waals surface area contributed by atoms with Crippen LogP contribution in [0.5, 0.6) is 0 Å². The van der Waals surface area contributed by atoms with Crippen molar-refractivity contribution in [2.45, 2.75) is 5.03 Å². The first-order valence-electron chi connectivity index (χ1n) is 8.08. The first kappa shape index (κ1) is 18.6. The van der Waals surface area contributed by atoms with Crippen LogP contribution in [0.25, 0.3) is 22.3 Å². The zero-order chi connectivity index (χ0) is 18.4. The molecule has 0 aliphatic heterocycles. The molecule has 0 atom stereocenters. The molecule has 0 spiro atoms. The molecule has 0 aliphatic carbocycles. The lowest BCUT2D eigenvalue weighted by Gasteiger charge is -2.09. The highest BCUT2D eigenvalue weighted by Gasteiger charge is 2.12. The molecule has 1 amide bonds. The summed E-state index contributed by atoms with van der Waals surface area (Å²) in [6.07, 6.45) is 0. The second-order valence-electron chi connectivity index (χ2n) is 5.51. The van der Waals surface area contributed by atoms with E-state index in [0.717, 1.165) is 21.5 Å². The Morgan fingerprint density at radius 3 is 2.77 bits per heavy atom. The average molecular weight is 388 g/mol. The Kier molecular flexibility index (Phi) is 6.44. The van der Waals surface area contributed by atoms with Crippen LogP contribution in [0.1, 0.15) is 0 Å². The van der Waals surface area contributed by atoms with Gasteiger partial charge in [0.05, 0.1) is 17.9 Å². The molecule has 3 aromatic rings. The normalized spacial score (nSPS) is 10.8. The molecule has 26 heavy (non-hydrogen) atoms. The van der Waals surface area contributed by atoms with Crippen LogP contribution in [0.3, 0.4) is 0 Å². The van der Waals surface area contributed by atoms with Gasteiger partial charge in [-0.25, -0.2) is 9.97 Å². The number of nitrogens with one attached hydrogen (secondary N) is 1. The minimum Gasteiger partial charge on any atom is -0.383 e. The molecule has 134 valence electrons. The van der Waals surface area contributed by atoms with Gasteiger partial charge in [0.15, 0.2) is 5.82 Å². The van der Waals surface area contributed by atoms with Gasteiger partial charge in [-0.15, -0.1) is 0 Å². The number of methoxy groups -OCH3 is 1. The topological polar surface area (TPSA) is 64.1 Å². The predicted octanol–water partition coefficient (Wildman–Crippen LogP) is 3.80. The highest BCUT2D eigenvalue weighted by atomic mass is 35.5. The molecule has 2 aromatic carbocycles. The maximum absolute atomic E-state index is 12.0. The number of halogens is 1. The molecule has 1 heterocycles. The number of carbonyl (C=O) groups excluding carboxylic acids is 1. The second kappa shape index (κ2) is 8.98. The number of nitrogens with zero attached hydrogens (tertiary/aromatic N) is 2. The van der Waals surface area contributed by atoms with Gasteiger partial charge in [-0.1, -0.05) is 53.7 Å². The Morgan fingerprint density at radius 2 is 2.00 bits per heavy atom. The SMILES string of the molecule is COCCNC(=O)CSc1nc(-c2ccccc2)nc2ccc(Cl)cc12. The van der Waals surface area contributed by atoms with E-state index >= 15 is 0 Å². The number of amides is 1. The number of aromatic nitrogens is 2. The van der Waals surface area contributed by atoms with Crippen molar-refractivity contribution in [1.82, 2.24) is 15.3 Å². The first-order valence-corrected chi connectivity index (χ1v) is 9.45. The molecular formula is C19H18ClN3O2S. The van der Waals surface area contributed by atoms with Gasteiger partial charge in [0.2, 0.25) is 5.91 Å². The fraction of sp³-hybridized carbons (Fsp3) is 0.211. The summed E-state index contributed by atoms with van der Waals surface area (Å²) >= 11 is 7.51. The molecule has 5 nitrogen and oxygen atoms in total. The number of ether oxygens (including phenoxy) is 1. The summed E-state index contributed by atoms with van der Waals surface area (Å²) in [5.41, 5.74) is 1.72. The molecule has 7 heteroatoms. The van der Waals surface area contributed by atoms with Crippen molar-refractivity contribution >= 4 is 40.2 Å². The third-order valence-electron chi connectivity index (χ3n) is 3.62. The minimum atomic E-state index is -0.0675. The first-order chi connectivity index (χ1) is 12.7. The lowest BCUT2D eigenvalue weighted by Crippen LogP contribution is -2.28. The van der Waals surface area contributed by atoms with Gasteiger partial charge in [-0.05, 0) is 18.2 Å². The highest BCUT2D eigenvalue weighted by Crippen LogP contribution is 2.30. The molecule has 1 aromatic heterocycles. The summed E-state index contributed by atoms with van der Waals surface area (Å²) in [4.78, 5) is 21.3. The summed E-state index contributed by atoms with van der Waals surface area (Å²) in [6.45, 7) is 0.974. The number of hydrogen-bond acceptors (Lipinski definition) is 5. The number of hydrogen-bond donors (Lipinski definition) is 1. The molecule has 0 radical (unpaired) electrons. The van der Waals surface area contributed by atoms with E-state index in [2.05, 4.69) is 15.3 Å². The third-order valence-corrected chi connectivity index (χ3v) is 4.85. The number of rotatable bonds is 7. The zero-order valence-electron chi connectivity index (χ0n) is 14.2. The van der Waals surface area contributed by atoms with E-state index in [4.69, 9.17) is 16.3 Å². The zero-order valence-corrected chi connectivity index (χ0v) is 15.8. The van der Waals surface area contributed by atoms with Gasteiger partial charge in [-0.3, -0.25) is 4.79 Å². The van der Waals surface area contributed by atoms with E-state index in [9.17, 15) is 4.79 Å². The van der Waals surface area contributed by atoms with Gasteiger partial charge in [0.25, 0.3) is 0 Å². The molecule has 0 saturated carbocycles. The van der Waals surface area contributed by atoms with Crippen molar-refractivity contribution in [3.8, 4) is 11.4 Å². The fourth-order valence-electron chi connectivity index (χ4n) is 2.38. The Hall–Kier alpha value is -2.15. The predicted molar refractivity (Wildman–Crippen MR) is 106 cm³/mol.